The maximum absolute atomic E-state index is 12.7. The topological polar surface area (TPSA) is 95.5 Å². The number of hydrogen-bond donors (Lipinski definition) is 1. The molecule has 1 aliphatic heterocycles. The number of carbonyl (C=O) groups is 1. The quantitative estimate of drug-likeness (QED) is 0.592. The molecule has 144 valence electrons. The zero-order valence-corrected chi connectivity index (χ0v) is 16.3. The number of rotatable bonds is 6. The molecule has 1 amide bonds. The van der Waals surface area contributed by atoms with Crippen LogP contribution in [-0.4, -0.2) is 52.2 Å². The van der Waals surface area contributed by atoms with E-state index in [-0.39, 0.29) is 5.91 Å². The largest absolute Gasteiger partial charge is 0.493 e. The molecule has 0 atom stereocenters. The second-order valence-electron chi connectivity index (χ2n) is 6.81. The van der Waals surface area contributed by atoms with Crippen molar-refractivity contribution in [3.8, 4) is 11.5 Å². The van der Waals surface area contributed by atoms with Crippen molar-refractivity contribution in [1.29, 1.82) is 0 Å². The van der Waals surface area contributed by atoms with E-state index in [0.717, 1.165) is 36.4 Å². The van der Waals surface area contributed by atoms with Crippen molar-refractivity contribution >= 4 is 17.7 Å². The molecule has 0 saturated heterocycles. The van der Waals surface area contributed by atoms with Gasteiger partial charge in [0.25, 0.3) is 0 Å². The molecular formula is C18H23N5O3S. The second kappa shape index (κ2) is 7.30. The lowest BCUT2D eigenvalue weighted by Gasteiger charge is -2.29. The molecule has 0 bridgehead atoms. The molecule has 9 heteroatoms. The minimum Gasteiger partial charge on any atom is -0.493 e. The molecule has 8 nitrogen and oxygen atoms in total. The van der Waals surface area contributed by atoms with E-state index in [0.29, 0.717) is 35.7 Å². The van der Waals surface area contributed by atoms with Gasteiger partial charge in [-0.05, 0) is 42.5 Å². The number of benzene rings is 1. The van der Waals surface area contributed by atoms with Gasteiger partial charge in [0.1, 0.15) is 0 Å². The Labute approximate surface area is 162 Å². The first-order valence-electron chi connectivity index (χ1n) is 8.95. The highest BCUT2D eigenvalue weighted by Gasteiger charge is 2.30. The molecule has 2 N–H and O–H groups in total. The number of fused-ring (bicyclic) bond motifs is 1. The summed E-state index contributed by atoms with van der Waals surface area (Å²) in [6.45, 7) is 1.25. The Bertz CT molecular complexity index is 865. The SMILES string of the molecule is COc1cc2c(cc1OC)CN(C(=O)CSc1nnc(C3CC3)n1N)CC2. The van der Waals surface area contributed by atoms with E-state index in [1.165, 1.54) is 22.0 Å². The molecule has 2 heterocycles. The van der Waals surface area contributed by atoms with Gasteiger partial charge >= 0.3 is 0 Å². The summed E-state index contributed by atoms with van der Waals surface area (Å²) >= 11 is 1.34. The highest BCUT2D eigenvalue weighted by atomic mass is 32.2. The van der Waals surface area contributed by atoms with Crippen molar-refractivity contribution in [3.63, 3.8) is 0 Å². The lowest BCUT2D eigenvalue weighted by Crippen LogP contribution is -2.37. The van der Waals surface area contributed by atoms with Gasteiger partial charge in [-0.25, -0.2) is 4.68 Å². The third kappa shape index (κ3) is 3.55. The number of thioether (sulfide) groups is 1. The predicted molar refractivity (Wildman–Crippen MR) is 102 cm³/mol. The average Bonchev–Trinajstić information content (AvgIpc) is 3.47. The summed E-state index contributed by atoms with van der Waals surface area (Å²) in [7, 11) is 3.25. The fourth-order valence-electron chi connectivity index (χ4n) is 3.32. The second-order valence-corrected chi connectivity index (χ2v) is 7.76. The molecule has 0 spiro atoms. The summed E-state index contributed by atoms with van der Waals surface area (Å²) in [4.78, 5) is 14.5. The van der Waals surface area contributed by atoms with Gasteiger partial charge in [0, 0.05) is 19.0 Å². The summed E-state index contributed by atoms with van der Waals surface area (Å²) in [6, 6.07) is 3.96. The molecule has 1 fully saturated rings. The monoisotopic (exact) mass is 389 g/mol. The first kappa shape index (κ1) is 18.0. The molecule has 1 aliphatic carbocycles. The van der Waals surface area contributed by atoms with Gasteiger partial charge in [-0.15, -0.1) is 10.2 Å². The van der Waals surface area contributed by atoms with Gasteiger partial charge in [0.2, 0.25) is 11.1 Å². The van der Waals surface area contributed by atoms with E-state index >= 15 is 0 Å². The normalized spacial score (nSPS) is 16.1. The Hall–Kier alpha value is -2.42. The number of amides is 1. The predicted octanol–water partition coefficient (Wildman–Crippen LogP) is 1.56. The molecule has 2 aromatic rings. The molecule has 1 saturated carbocycles. The molecule has 0 unspecified atom stereocenters. The summed E-state index contributed by atoms with van der Waals surface area (Å²) in [5.74, 6) is 9.06. The Morgan fingerprint density at radius 2 is 1.93 bits per heavy atom. The Morgan fingerprint density at radius 3 is 2.59 bits per heavy atom. The van der Waals surface area contributed by atoms with Crippen molar-refractivity contribution in [1.82, 2.24) is 19.8 Å². The first-order chi connectivity index (χ1) is 13.1. The Morgan fingerprint density at radius 1 is 1.22 bits per heavy atom. The number of ether oxygens (including phenoxy) is 2. The molecule has 1 aromatic carbocycles. The van der Waals surface area contributed by atoms with Crippen LogP contribution in [0.25, 0.3) is 0 Å². The fraction of sp³-hybridized carbons (Fsp3) is 0.500. The van der Waals surface area contributed by atoms with Crippen LogP contribution >= 0.6 is 11.8 Å². The number of nitrogens with zero attached hydrogens (tertiary/aromatic N) is 4. The molecule has 4 rings (SSSR count). The molecule has 0 radical (unpaired) electrons. The summed E-state index contributed by atoms with van der Waals surface area (Å²) in [5, 5.41) is 8.86. The fourth-order valence-corrected chi connectivity index (χ4v) is 4.09. The van der Waals surface area contributed by atoms with E-state index in [1.807, 2.05) is 17.0 Å². The maximum atomic E-state index is 12.7. The Balaban J connectivity index is 1.40. The van der Waals surface area contributed by atoms with Crippen molar-refractivity contribution in [3.05, 3.63) is 29.1 Å². The Kier molecular flexibility index (Phi) is 4.86. The summed E-state index contributed by atoms with van der Waals surface area (Å²) < 4.78 is 12.3. The van der Waals surface area contributed by atoms with E-state index in [1.54, 1.807) is 14.2 Å². The van der Waals surface area contributed by atoms with Crippen LogP contribution in [0.15, 0.2) is 17.3 Å². The highest BCUT2D eigenvalue weighted by molar-refractivity contribution is 7.99. The third-order valence-corrected chi connectivity index (χ3v) is 5.96. The van der Waals surface area contributed by atoms with Crippen LogP contribution < -0.4 is 15.3 Å². The maximum Gasteiger partial charge on any atom is 0.233 e. The van der Waals surface area contributed by atoms with Gasteiger partial charge in [-0.3, -0.25) is 4.79 Å². The minimum absolute atomic E-state index is 0.0661. The van der Waals surface area contributed by atoms with Gasteiger partial charge in [-0.2, -0.15) is 0 Å². The van der Waals surface area contributed by atoms with Crippen molar-refractivity contribution in [2.75, 3.05) is 32.4 Å². The van der Waals surface area contributed by atoms with E-state index in [2.05, 4.69) is 10.2 Å². The lowest BCUT2D eigenvalue weighted by molar-refractivity contribution is -0.129. The molecule has 27 heavy (non-hydrogen) atoms. The number of hydrogen-bond acceptors (Lipinski definition) is 7. The van der Waals surface area contributed by atoms with Crippen LogP contribution in [0.4, 0.5) is 0 Å². The average molecular weight is 389 g/mol. The first-order valence-corrected chi connectivity index (χ1v) is 9.94. The van der Waals surface area contributed by atoms with Crippen LogP contribution in [0, 0.1) is 0 Å². The summed E-state index contributed by atoms with van der Waals surface area (Å²) in [6.07, 6.45) is 3.02. The van der Waals surface area contributed by atoms with Gasteiger partial charge in [-0.1, -0.05) is 11.8 Å². The molecular weight excluding hydrogens is 366 g/mol. The zero-order chi connectivity index (χ0) is 19.0. The summed E-state index contributed by atoms with van der Waals surface area (Å²) in [5.41, 5.74) is 2.29. The van der Waals surface area contributed by atoms with Crippen LogP contribution in [0.2, 0.25) is 0 Å². The lowest BCUT2D eigenvalue weighted by atomic mass is 9.99. The number of aromatic nitrogens is 3. The molecule has 1 aromatic heterocycles. The number of carbonyl (C=O) groups excluding carboxylic acids is 1. The van der Waals surface area contributed by atoms with Crippen molar-refractivity contribution in [2.24, 2.45) is 0 Å². The molecule has 2 aliphatic rings. The van der Waals surface area contributed by atoms with E-state index in [9.17, 15) is 4.79 Å². The van der Waals surface area contributed by atoms with Gasteiger partial charge < -0.3 is 20.2 Å². The van der Waals surface area contributed by atoms with Crippen molar-refractivity contribution < 1.29 is 14.3 Å². The van der Waals surface area contributed by atoms with E-state index in [4.69, 9.17) is 15.3 Å². The third-order valence-electron chi connectivity index (χ3n) is 5.03. The van der Waals surface area contributed by atoms with Crippen molar-refractivity contribution in [2.45, 2.75) is 36.9 Å². The standard InChI is InChI=1S/C18H23N5O3S/c1-25-14-7-12-5-6-22(9-13(12)8-15(14)26-2)16(24)10-27-18-21-20-17(23(18)19)11-3-4-11/h7-8,11H,3-6,9-10,19H2,1-2H3. The van der Waals surface area contributed by atoms with Gasteiger partial charge in [0.05, 0.1) is 20.0 Å². The minimum atomic E-state index is 0.0661. The number of nitrogen functional groups attached to an aromatic ring is 1. The van der Waals surface area contributed by atoms with Crippen LogP contribution in [0.3, 0.4) is 0 Å². The highest BCUT2D eigenvalue weighted by Crippen LogP contribution is 2.39. The number of nitrogens with two attached hydrogens (primary N) is 1. The van der Waals surface area contributed by atoms with Gasteiger partial charge in [0.15, 0.2) is 17.3 Å². The zero-order valence-electron chi connectivity index (χ0n) is 15.5. The van der Waals surface area contributed by atoms with Crippen LogP contribution in [0.1, 0.15) is 35.7 Å². The van der Waals surface area contributed by atoms with Crippen LogP contribution in [-0.2, 0) is 17.8 Å². The number of methoxy groups -OCH3 is 2. The van der Waals surface area contributed by atoms with E-state index < -0.39 is 0 Å². The van der Waals surface area contributed by atoms with Crippen LogP contribution in [0.5, 0.6) is 11.5 Å². The smallest absolute Gasteiger partial charge is 0.233 e.